The van der Waals surface area contributed by atoms with Crippen LogP contribution in [0.5, 0.6) is 0 Å². The first kappa shape index (κ1) is 9.18. The van der Waals surface area contributed by atoms with Crippen molar-refractivity contribution in [2.45, 2.75) is 6.61 Å². The van der Waals surface area contributed by atoms with Crippen molar-refractivity contribution in [1.82, 2.24) is 0 Å². The summed E-state index contributed by atoms with van der Waals surface area (Å²) in [5.74, 6) is 0. The van der Waals surface area contributed by atoms with Crippen molar-refractivity contribution in [2.24, 2.45) is 0 Å². The van der Waals surface area contributed by atoms with Gasteiger partial charge >= 0.3 is 0 Å². The molecule has 2 rings (SSSR count). The summed E-state index contributed by atoms with van der Waals surface area (Å²) in [5.41, 5.74) is 7.73. The number of nitrogens with two attached hydrogens (primary N) is 1. The third-order valence-corrected chi connectivity index (χ3v) is 3.05. The summed E-state index contributed by atoms with van der Waals surface area (Å²) < 4.78 is 0.941. The number of carbonyl (C=O) groups excluding carboxylic acids is 1. The van der Waals surface area contributed by atoms with Gasteiger partial charge in [-0.15, -0.1) is 11.3 Å². The van der Waals surface area contributed by atoms with Crippen molar-refractivity contribution >= 4 is 33.4 Å². The minimum Gasteiger partial charge on any atom is -0.398 e. The molecule has 0 aliphatic rings. The second kappa shape index (κ2) is 3.40. The van der Waals surface area contributed by atoms with E-state index in [1.54, 1.807) is 11.4 Å². The predicted octanol–water partition coefficient (Wildman–Crippen LogP) is 1.79. The molecule has 0 bridgehead atoms. The molecule has 0 saturated heterocycles. The van der Waals surface area contributed by atoms with Gasteiger partial charge in [-0.3, -0.25) is 4.79 Å². The van der Waals surface area contributed by atoms with Crippen molar-refractivity contribution in [3.8, 4) is 0 Å². The van der Waals surface area contributed by atoms with Crippen LogP contribution in [0.3, 0.4) is 0 Å². The minimum absolute atomic E-state index is 0.0333. The molecule has 4 heteroatoms. The molecule has 0 saturated carbocycles. The zero-order valence-corrected chi connectivity index (χ0v) is 8.17. The van der Waals surface area contributed by atoms with Crippen LogP contribution in [0.25, 0.3) is 10.1 Å². The van der Waals surface area contributed by atoms with Crippen molar-refractivity contribution in [3.63, 3.8) is 0 Å². The van der Waals surface area contributed by atoms with Crippen molar-refractivity contribution in [1.29, 1.82) is 0 Å². The van der Waals surface area contributed by atoms with Crippen molar-refractivity contribution < 1.29 is 9.90 Å². The molecule has 0 aliphatic heterocycles. The van der Waals surface area contributed by atoms with Crippen molar-refractivity contribution in [3.05, 3.63) is 28.6 Å². The average molecular weight is 207 g/mol. The molecule has 14 heavy (non-hydrogen) atoms. The second-order valence-electron chi connectivity index (χ2n) is 3.03. The first-order valence-electron chi connectivity index (χ1n) is 4.12. The summed E-state index contributed by atoms with van der Waals surface area (Å²) in [5, 5.41) is 11.5. The van der Waals surface area contributed by atoms with E-state index in [9.17, 15) is 4.79 Å². The first-order chi connectivity index (χ1) is 6.76. The van der Waals surface area contributed by atoms with E-state index in [2.05, 4.69) is 0 Å². The lowest BCUT2D eigenvalue weighted by molar-refractivity contribution is 0.112. The number of aliphatic hydroxyl groups is 1. The number of carbonyl (C=O) groups is 1. The summed E-state index contributed by atoms with van der Waals surface area (Å²) in [6.45, 7) is -0.0333. The number of aldehydes is 1. The van der Waals surface area contributed by atoms with Gasteiger partial charge in [-0.25, -0.2) is 0 Å². The average Bonchev–Trinajstić information content (AvgIpc) is 2.61. The maximum Gasteiger partial charge on any atom is 0.151 e. The van der Waals surface area contributed by atoms with Gasteiger partial charge in [0.15, 0.2) is 6.29 Å². The number of fused-ring (bicyclic) bond motifs is 1. The molecule has 1 aromatic heterocycles. The normalized spacial score (nSPS) is 10.6. The van der Waals surface area contributed by atoms with E-state index in [1.807, 2.05) is 6.07 Å². The molecule has 3 nitrogen and oxygen atoms in total. The summed E-state index contributed by atoms with van der Waals surface area (Å²) in [7, 11) is 0. The number of thiophene rings is 1. The van der Waals surface area contributed by atoms with Gasteiger partial charge in [-0.2, -0.15) is 0 Å². The lowest BCUT2D eigenvalue weighted by atomic mass is 10.1. The Balaban J connectivity index is 2.78. The number of rotatable bonds is 2. The van der Waals surface area contributed by atoms with E-state index < -0.39 is 0 Å². The van der Waals surface area contributed by atoms with Crippen molar-refractivity contribution in [2.75, 3.05) is 5.73 Å². The summed E-state index contributed by atoms with van der Waals surface area (Å²) in [6, 6.07) is 3.55. The van der Waals surface area contributed by atoms with E-state index >= 15 is 0 Å². The highest BCUT2D eigenvalue weighted by Crippen LogP contribution is 2.31. The maximum absolute atomic E-state index is 10.7. The number of benzene rings is 1. The van der Waals surface area contributed by atoms with Gasteiger partial charge in [0.25, 0.3) is 0 Å². The highest BCUT2D eigenvalue weighted by Gasteiger charge is 2.07. The number of aliphatic hydroxyl groups excluding tert-OH is 1. The largest absolute Gasteiger partial charge is 0.398 e. The zero-order valence-electron chi connectivity index (χ0n) is 7.36. The van der Waals surface area contributed by atoms with Crippen LogP contribution in [0.15, 0.2) is 17.5 Å². The number of hydrogen-bond donors (Lipinski definition) is 2. The maximum atomic E-state index is 10.7. The van der Waals surface area contributed by atoms with E-state index in [0.29, 0.717) is 11.3 Å². The Bertz CT molecular complexity index is 490. The third kappa shape index (κ3) is 1.29. The van der Waals surface area contributed by atoms with Crippen LogP contribution in [0.1, 0.15) is 15.9 Å². The number of nitrogen functional groups attached to an aromatic ring is 1. The van der Waals surface area contributed by atoms with E-state index in [1.165, 1.54) is 11.3 Å². The van der Waals surface area contributed by atoms with Gasteiger partial charge in [0.05, 0.1) is 6.61 Å². The van der Waals surface area contributed by atoms with Gasteiger partial charge in [0.1, 0.15) is 0 Å². The van der Waals surface area contributed by atoms with Gasteiger partial charge in [-0.05, 0) is 17.7 Å². The molecular weight excluding hydrogens is 198 g/mol. The summed E-state index contributed by atoms with van der Waals surface area (Å²) in [6.07, 6.45) is 0.799. The van der Waals surface area contributed by atoms with Crippen LogP contribution in [0.4, 0.5) is 5.69 Å². The third-order valence-electron chi connectivity index (χ3n) is 2.10. The molecule has 1 heterocycles. The van der Waals surface area contributed by atoms with Crippen LogP contribution in [0.2, 0.25) is 0 Å². The molecule has 0 spiro atoms. The molecule has 0 amide bonds. The molecule has 0 unspecified atom stereocenters. The fraction of sp³-hybridized carbons (Fsp3) is 0.100. The Morgan fingerprint density at radius 2 is 2.29 bits per heavy atom. The zero-order chi connectivity index (χ0) is 10.1. The van der Waals surface area contributed by atoms with Gasteiger partial charge in [0, 0.05) is 26.7 Å². The van der Waals surface area contributed by atoms with Crippen LogP contribution >= 0.6 is 11.3 Å². The van der Waals surface area contributed by atoms with E-state index in [0.717, 1.165) is 21.9 Å². The Morgan fingerprint density at radius 1 is 1.50 bits per heavy atom. The Hall–Kier alpha value is -1.39. The highest BCUT2D eigenvalue weighted by molar-refractivity contribution is 7.17. The Labute approximate surface area is 84.8 Å². The SMILES string of the molecule is Nc1cc(CO)cc2scc(C=O)c12. The smallest absolute Gasteiger partial charge is 0.151 e. The molecule has 0 fully saturated rings. The Kier molecular flexibility index (Phi) is 2.23. The predicted molar refractivity (Wildman–Crippen MR) is 57.5 cm³/mol. The first-order valence-corrected chi connectivity index (χ1v) is 5.00. The monoisotopic (exact) mass is 207 g/mol. The molecule has 3 N–H and O–H groups in total. The Morgan fingerprint density at radius 3 is 2.93 bits per heavy atom. The van der Waals surface area contributed by atoms with E-state index in [4.69, 9.17) is 10.8 Å². The molecular formula is C10H9NO2S. The van der Waals surface area contributed by atoms with Crippen LogP contribution < -0.4 is 5.73 Å². The fourth-order valence-corrected chi connectivity index (χ4v) is 2.46. The lowest BCUT2D eigenvalue weighted by Crippen LogP contribution is -1.91. The molecule has 0 aliphatic carbocycles. The van der Waals surface area contributed by atoms with Gasteiger partial charge in [0.2, 0.25) is 0 Å². The second-order valence-corrected chi connectivity index (χ2v) is 3.94. The summed E-state index contributed by atoms with van der Waals surface area (Å²) in [4.78, 5) is 10.7. The topological polar surface area (TPSA) is 63.3 Å². The van der Waals surface area contributed by atoms with Crippen LogP contribution in [0, 0.1) is 0 Å². The molecule has 0 radical (unpaired) electrons. The molecule has 2 aromatic rings. The van der Waals surface area contributed by atoms with Gasteiger partial charge < -0.3 is 10.8 Å². The van der Waals surface area contributed by atoms with Crippen LogP contribution in [-0.4, -0.2) is 11.4 Å². The molecule has 72 valence electrons. The fourth-order valence-electron chi connectivity index (χ4n) is 1.46. The number of hydrogen-bond acceptors (Lipinski definition) is 4. The molecule has 0 atom stereocenters. The number of anilines is 1. The van der Waals surface area contributed by atoms with E-state index in [-0.39, 0.29) is 6.61 Å². The molecule has 1 aromatic carbocycles. The quantitative estimate of drug-likeness (QED) is 0.583. The summed E-state index contributed by atoms with van der Waals surface area (Å²) >= 11 is 1.46. The van der Waals surface area contributed by atoms with Gasteiger partial charge in [-0.1, -0.05) is 0 Å². The van der Waals surface area contributed by atoms with Crippen LogP contribution in [-0.2, 0) is 6.61 Å². The standard InChI is InChI=1S/C10H9NO2S/c11-8-1-6(3-12)2-9-10(8)7(4-13)5-14-9/h1-2,4-5,12H,3,11H2. The highest BCUT2D eigenvalue weighted by atomic mass is 32.1. The lowest BCUT2D eigenvalue weighted by Gasteiger charge is -2.01. The minimum atomic E-state index is -0.0333.